The number of hydrogen-bond donors (Lipinski definition) is 0. The third kappa shape index (κ3) is 4.30. The van der Waals surface area contributed by atoms with Gasteiger partial charge in [-0.15, -0.1) is 0 Å². The molecular weight excluding hydrogens is 419 g/mol. The average molecular weight is 439 g/mol. The number of benzene rings is 2. The molecule has 0 unspecified atom stereocenters. The van der Waals surface area contributed by atoms with Crippen LogP contribution in [0.3, 0.4) is 0 Å². The molecule has 2 aromatic heterocycles. The molecule has 0 saturated heterocycles. The molecule has 0 aliphatic heterocycles. The van der Waals surface area contributed by atoms with Crippen LogP contribution in [0.4, 0.5) is 18.9 Å². The first-order chi connectivity index (χ1) is 15.3. The fourth-order valence-corrected chi connectivity index (χ4v) is 3.58. The molecule has 32 heavy (non-hydrogen) atoms. The van der Waals surface area contributed by atoms with Crippen molar-refractivity contribution >= 4 is 11.6 Å². The van der Waals surface area contributed by atoms with E-state index in [2.05, 4.69) is 5.10 Å². The van der Waals surface area contributed by atoms with Crippen LogP contribution in [-0.2, 0) is 17.8 Å². The fraction of sp³-hybridized carbons (Fsp3) is 0.167. The molecule has 0 aliphatic carbocycles. The van der Waals surface area contributed by atoms with Gasteiger partial charge >= 0.3 is 0 Å². The SMILES string of the molecule is Cc1nn(-c2ccc(F)cc2)c(C)c1CC(=O)N(Cc1ccco1)c1ccc(F)cc1F. The first kappa shape index (κ1) is 21.4. The zero-order valence-corrected chi connectivity index (χ0v) is 17.5. The van der Waals surface area contributed by atoms with E-state index in [1.807, 2.05) is 0 Å². The Hall–Kier alpha value is -3.81. The number of anilines is 1. The van der Waals surface area contributed by atoms with Crippen molar-refractivity contribution in [1.82, 2.24) is 9.78 Å². The lowest BCUT2D eigenvalue weighted by molar-refractivity contribution is -0.118. The van der Waals surface area contributed by atoms with E-state index in [0.717, 1.165) is 12.1 Å². The second kappa shape index (κ2) is 8.74. The quantitative estimate of drug-likeness (QED) is 0.411. The van der Waals surface area contributed by atoms with E-state index in [1.165, 1.54) is 29.4 Å². The lowest BCUT2D eigenvalue weighted by Gasteiger charge is -2.22. The van der Waals surface area contributed by atoms with Crippen molar-refractivity contribution in [1.29, 1.82) is 0 Å². The molecule has 1 amide bonds. The summed E-state index contributed by atoms with van der Waals surface area (Å²) in [4.78, 5) is 14.5. The molecule has 2 heterocycles. The summed E-state index contributed by atoms with van der Waals surface area (Å²) in [5, 5.41) is 4.48. The van der Waals surface area contributed by atoms with Gasteiger partial charge in [0.1, 0.15) is 23.2 Å². The van der Waals surface area contributed by atoms with Gasteiger partial charge in [0.25, 0.3) is 0 Å². The molecule has 5 nitrogen and oxygen atoms in total. The summed E-state index contributed by atoms with van der Waals surface area (Å²) in [5.41, 5.74) is 2.61. The van der Waals surface area contributed by atoms with Crippen molar-refractivity contribution in [3.05, 3.63) is 101 Å². The smallest absolute Gasteiger partial charge is 0.232 e. The molecule has 0 fully saturated rings. The second-order valence-corrected chi connectivity index (χ2v) is 7.37. The van der Waals surface area contributed by atoms with E-state index in [-0.39, 0.29) is 24.5 Å². The van der Waals surface area contributed by atoms with Crippen LogP contribution in [0.1, 0.15) is 22.7 Å². The number of hydrogen-bond acceptors (Lipinski definition) is 3. The van der Waals surface area contributed by atoms with Gasteiger partial charge in [-0.3, -0.25) is 4.79 Å². The molecule has 4 rings (SSSR count). The standard InChI is InChI=1S/C24H20F3N3O2/c1-15-21(16(2)30(28-15)19-8-5-17(25)6-9-19)13-24(31)29(14-20-4-3-11-32-20)23-10-7-18(26)12-22(23)27/h3-12H,13-14H2,1-2H3. The minimum absolute atomic E-state index is 0.0153. The highest BCUT2D eigenvalue weighted by Crippen LogP contribution is 2.25. The molecule has 0 atom stereocenters. The lowest BCUT2D eigenvalue weighted by Crippen LogP contribution is -2.32. The van der Waals surface area contributed by atoms with Crippen LogP contribution in [-0.4, -0.2) is 15.7 Å². The molecule has 0 saturated carbocycles. The van der Waals surface area contributed by atoms with Gasteiger partial charge in [0.05, 0.1) is 36.3 Å². The van der Waals surface area contributed by atoms with Gasteiger partial charge in [-0.05, 0) is 62.4 Å². The van der Waals surface area contributed by atoms with Crippen LogP contribution in [0, 0.1) is 31.3 Å². The molecule has 0 aliphatic rings. The molecule has 8 heteroatoms. The van der Waals surface area contributed by atoms with E-state index < -0.39 is 17.5 Å². The first-order valence-corrected chi connectivity index (χ1v) is 9.92. The Morgan fingerprint density at radius 2 is 1.75 bits per heavy atom. The van der Waals surface area contributed by atoms with Crippen molar-refractivity contribution in [3.8, 4) is 5.69 Å². The maximum atomic E-state index is 14.5. The van der Waals surface area contributed by atoms with E-state index >= 15 is 0 Å². The minimum Gasteiger partial charge on any atom is -0.467 e. The molecule has 164 valence electrons. The van der Waals surface area contributed by atoms with Crippen LogP contribution in [0.25, 0.3) is 5.69 Å². The van der Waals surface area contributed by atoms with Crippen molar-refractivity contribution in [3.63, 3.8) is 0 Å². The largest absolute Gasteiger partial charge is 0.467 e. The van der Waals surface area contributed by atoms with Crippen LogP contribution >= 0.6 is 0 Å². The van der Waals surface area contributed by atoms with Gasteiger partial charge < -0.3 is 9.32 Å². The summed E-state index contributed by atoms with van der Waals surface area (Å²) in [7, 11) is 0. The van der Waals surface area contributed by atoms with Crippen molar-refractivity contribution in [2.75, 3.05) is 4.90 Å². The Bertz CT molecular complexity index is 1250. The normalized spacial score (nSPS) is 11.0. The third-order valence-corrected chi connectivity index (χ3v) is 5.24. The topological polar surface area (TPSA) is 51.3 Å². The van der Waals surface area contributed by atoms with E-state index in [0.29, 0.717) is 28.4 Å². The van der Waals surface area contributed by atoms with Gasteiger partial charge in [-0.25, -0.2) is 17.9 Å². The van der Waals surface area contributed by atoms with Crippen LogP contribution < -0.4 is 4.90 Å². The van der Waals surface area contributed by atoms with Crippen molar-refractivity contribution in [2.45, 2.75) is 26.8 Å². The number of amides is 1. The number of carbonyl (C=O) groups is 1. The molecule has 0 radical (unpaired) electrons. The Morgan fingerprint density at radius 1 is 1.03 bits per heavy atom. The van der Waals surface area contributed by atoms with Crippen molar-refractivity contribution < 1.29 is 22.4 Å². The predicted octanol–water partition coefficient (Wildman–Crippen LogP) is 5.28. The highest BCUT2D eigenvalue weighted by atomic mass is 19.1. The molecule has 2 aromatic carbocycles. The fourth-order valence-electron chi connectivity index (χ4n) is 3.58. The highest BCUT2D eigenvalue weighted by Gasteiger charge is 2.24. The highest BCUT2D eigenvalue weighted by molar-refractivity contribution is 5.95. The Labute approximate surface area is 182 Å². The average Bonchev–Trinajstić information content (AvgIpc) is 3.37. The summed E-state index contributed by atoms with van der Waals surface area (Å²) in [5.74, 6) is -1.89. The Morgan fingerprint density at radius 3 is 2.41 bits per heavy atom. The first-order valence-electron chi connectivity index (χ1n) is 9.92. The van der Waals surface area contributed by atoms with Gasteiger partial charge in [0, 0.05) is 17.3 Å². The van der Waals surface area contributed by atoms with Crippen molar-refractivity contribution in [2.24, 2.45) is 0 Å². The van der Waals surface area contributed by atoms with E-state index in [4.69, 9.17) is 4.42 Å². The number of carbonyl (C=O) groups excluding carboxylic acids is 1. The molecule has 0 bridgehead atoms. The summed E-state index contributed by atoms with van der Waals surface area (Å²) >= 11 is 0. The van der Waals surface area contributed by atoms with Gasteiger partial charge in [-0.2, -0.15) is 5.10 Å². The summed E-state index contributed by atoms with van der Waals surface area (Å²) in [6, 6.07) is 12.3. The third-order valence-electron chi connectivity index (χ3n) is 5.24. The molecule has 0 N–H and O–H groups in total. The number of rotatable bonds is 6. The van der Waals surface area contributed by atoms with E-state index in [1.54, 1.807) is 42.8 Å². The number of aromatic nitrogens is 2. The molecule has 4 aromatic rings. The zero-order valence-electron chi connectivity index (χ0n) is 17.5. The van der Waals surface area contributed by atoms with Crippen LogP contribution in [0.2, 0.25) is 0 Å². The summed E-state index contributed by atoms with van der Waals surface area (Å²) in [6.45, 7) is 3.56. The zero-order chi connectivity index (χ0) is 22.8. The summed E-state index contributed by atoms with van der Waals surface area (Å²) < 4.78 is 48.2. The lowest BCUT2D eigenvalue weighted by atomic mass is 10.1. The van der Waals surface area contributed by atoms with Gasteiger partial charge in [-0.1, -0.05) is 0 Å². The maximum Gasteiger partial charge on any atom is 0.232 e. The monoisotopic (exact) mass is 439 g/mol. The number of furan rings is 1. The molecule has 0 spiro atoms. The van der Waals surface area contributed by atoms with E-state index in [9.17, 15) is 18.0 Å². The van der Waals surface area contributed by atoms with Crippen LogP contribution in [0.15, 0.2) is 65.3 Å². The minimum atomic E-state index is -0.847. The molecular formula is C24H20F3N3O2. The Balaban J connectivity index is 1.67. The van der Waals surface area contributed by atoms with Crippen LogP contribution in [0.5, 0.6) is 0 Å². The Kier molecular flexibility index (Phi) is 5.85. The number of halogens is 3. The van der Waals surface area contributed by atoms with Gasteiger partial charge in [0.15, 0.2) is 0 Å². The van der Waals surface area contributed by atoms with Gasteiger partial charge in [0.2, 0.25) is 5.91 Å². The number of aryl methyl sites for hydroxylation is 1. The predicted molar refractivity (Wildman–Crippen MR) is 113 cm³/mol. The number of nitrogens with zero attached hydrogens (tertiary/aromatic N) is 3. The second-order valence-electron chi connectivity index (χ2n) is 7.37. The maximum absolute atomic E-state index is 14.5. The summed E-state index contributed by atoms with van der Waals surface area (Å²) in [6.07, 6.45) is 1.40.